The molecule has 1 rings (SSSR count). The molecular formula is C12H22F3N3O. The van der Waals surface area contributed by atoms with Crippen LogP contribution in [0.1, 0.15) is 19.8 Å². The van der Waals surface area contributed by atoms with Crippen LogP contribution in [-0.4, -0.2) is 56.3 Å². The van der Waals surface area contributed by atoms with Crippen LogP contribution in [0.15, 0.2) is 0 Å². The van der Waals surface area contributed by atoms with Gasteiger partial charge in [-0.3, -0.25) is 4.79 Å². The van der Waals surface area contributed by atoms with Gasteiger partial charge in [-0.1, -0.05) is 6.92 Å². The molecule has 19 heavy (non-hydrogen) atoms. The van der Waals surface area contributed by atoms with Crippen molar-refractivity contribution in [3.05, 3.63) is 0 Å². The predicted molar refractivity (Wildman–Crippen MR) is 66.8 cm³/mol. The van der Waals surface area contributed by atoms with Crippen LogP contribution in [-0.2, 0) is 4.79 Å². The van der Waals surface area contributed by atoms with Gasteiger partial charge < -0.3 is 15.5 Å². The minimum atomic E-state index is -4.27. The summed E-state index contributed by atoms with van der Waals surface area (Å²) >= 11 is 0. The van der Waals surface area contributed by atoms with Crippen molar-refractivity contribution in [1.29, 1.82) is 0 Å². The van der Waals surface area contributed by atoms with E-state index in [2.05, 4.69) is 22.5 Å². The van der Waals surface area contributed by atoms with Gasteiger partial charge in [0.15, 0.2) is 0 Å². The van der Waals surface area contributed by atoms with Gasteiger partial charge in [-0.15, -0.1) is 0 Å². The fourth-order valence-electron chi connectivity index (χ4n) is 2.15. The topological polar surface area (TPSA) is 44.4 Å². The molecule has 2 N–H and O–H groups in total. The minimum Gasteiger partial charge on any atom is -0.355 e. The Bertz CT molecular complexity index is 276. The number of hydrogen-bond donors (Lipinski definition) is 2. The predicted octanol–water partition coefficient (Wildman–Crippen LogP) is 0.986. The summed E-state index contributed by atoms with van der Waals surface area (Å²) in [7, 11) is 0. The van der Waals surface area contributed by atoms with E-state index in [0.29, 0.717) is 12.5 Å². The fraction of sp³-hybridized carbons (Fsp3) is 0.917. The van der Waals surface area contributed by atoms with E-state index in [1.54, 1.807) is 0 Å². The lowest BCUT2D eigenvalue weighted by Crippen LogP contribution is -2.42. The molecule has 0 aliphatic carbocycles. The Morgan fingerprint density at radius 3 is 2.47 bits per heavy atom. The van der Waals surface area contributed by atoms with E-state index in [1.165, 1.54) is 0 Å². The molecule has 0 unspecified atom stereocenters. The molecule has 0 radical (unpaired) electrons. The first-order chi connectivity index (χ1) is 8.90. The van der Waals surface area contributed by atoms with E-state index >= 15 is 0 Å². The molecule has 7 heteroatoms. The molecule has 0 aromatic heterocycles. The molecule has 1 amide bonds. The quantitative estimate of drug-likeness (QED) is 0.763. The minimum absolute atomic E-state index is 0.284. The monoisotopic (exact) mass is 281 g/mol. The molecule has 0 spiro atoms. The zero-order valence-electron chi connectivity index (χ0n) is 11.2. The van der Waals surface area contributed by atoms with Crippen LogP contribution in [0.25, 0.3) is 0 Å². The highest BCUT2D eigenvalue weighted by Gasteiger charge is 2.26. The van der Waals surface area contributed by atoms with Gasteiger partial charge in [0.1, 0.15) is 0 Å². The summed E-state index contributed by atoms with van der Waals surface area (Å²) in [5.74, 6) is 0.0662. The molecule has 1 aliphatic rings. The SMILES string of the molecule is CCN1CCC(CNC(=O)CNCC(F)(F)F)CC1. The second-order valence-corrected chi connectivity index (χ2v) is 4.90. The highest BCUT2D eigenvalue weighted by molar-refractivity contribution is 5.77. The normalized spacial score (nSPS) is 18.5. The number of alkyl halides is 3. The average molecular weight is 281 g/mol. The molecule has 1 aliphatic heterocycles. The summed E-state index contributed by atoms with van der Waals surface area (Å²) in [4.78, 5) is 13.7. The highest BCUT2D eigenvalue weighted by Crippen LogP contribution is 2.15. The molecular weight excluding hydrogens is 259 g/mol. The van der Waals surface area contributed by atoms with Gasteiger partial charge in [-0.05, 0) is 38.4 Å². The first kappa shape index (κ1) is 16.2. The molecule has 4 nitrogen and oxygen atoms in total. The summed E-state index contributed by atoms with van der Waals surface area (Å²) in [6.07, 6.45) is -2.21. The van der Waals surface area contributed by atoms with E-state index in [1.807, 2.05) is 0 Å². The van der Waals surface area contributed by atoms with Crippen LogP contribution < -0.4 is 10.6 Å². The molecule has 0 aromatic carbocycles. The van der Waals surface area contributed by atoms with Crippen LogP contribution >= 0.6 is 0 Å². The van der Waals surface area contributed by atoms with Gasteiger partial charge >= 0.3 is 6.18 Å². The molecule has 0 bridgehead atoms. The van der Waals surface area contributed by atoms with Gasteiger partial charge in [0, 0.05) is 6.54 Å². The Morgan fingerprint density at radius 2 is 1.95 bits per heavy atom. The van der Waals surface area contributed by atoms with Crippen LogP contribution in [0.5, 0.6) is 0 Å². The molecule has 0 atom stereocenters. The van der Waals surface area contributed by atoms with E-state index in [4.69, 9.17) is 0 Å². The number of piperidine rings is 1. The summed E-state index contributed by atoms with van der Waals surface area (Å²) in [5.41, 5.74) is 0. The maximum Gasteiger partial charge on any atom is 0.401 e. The van der Waals surface area contributed by atoms with Crippen molar-refractivity contribution < 1.29 is 18.0 Å². The van der Waals surface area contributed by atoms with E-state index in [0.717, 1.165) is 32.5 Å². The molecule has 0 saturated carbocycles. The standard InChI is InChI=1S/C12H22F3N3O/c1-2-18-5-3-10(4-6-18)7-17-11(19)8-16-9-12(13,14)15/h10,16H,2-9H2,1H3,(H,17,19). The van der Waals surface area contributed by atoms with Crippen LogP contribution in [0.4, 0.5) is 13.2 Å². The number of nitrogens with one attached hydrogen (secondary N) is 2. The number of carbonyl (C=O) groups excluding carboxylic acids is 1. The summed E-state index contributed by atoms with van der Waals surface area (Å²) in [6.45, 7) is 4.37. The fourth-order valence-corrected chi connectivity index (χ4v) is 2.15. The van der Waals surface area contributed by atoms with Crippen LogP contribution in [0.3, 0.4) is 0 Å². The van der Waals surface area contributed by atoms with E-state index in [-0.39, 0.29) is 12.5 Å². The summed E-state index contributed by atoms with van der Waals surface area (Å²) in [5, 5.41) is 4.77. The van der Waals surface area contributed by atoms with Gasteiger partial charge in [-0.25, -0.2) is 0 Å². The van der Waals surface area contributed by atoms with Crippen molar-refractivity contribution in [2.24, 2.45) is 5.92 Å². The molecule has 1 saturated heterocycles. The van der Waals surface area contributed by atoms with E-state index < -0.39 is 12.7 Å². The average Bonchev–Trinajstić information content (AvgIpc) is 2.35. The van der Waals surface area contributed by atoms with Crippen molar-refractivity contribution >= 4 is 5.91 Å². The van der Waals surface area contributed by atoms with Gasteiger partial charge in [0.25, 0.3) is 0 Å². The number of amides is 1. The number of halogens is 3. The van der Waals surface area contributed by atoms with Crippen LogP contribution in [0, 0.1) is 5.92 Å². The second-order valence-electron chi connectivity index (χ2n) is 4.90. The Balaban J connectivity index is 2.07. The third-order valence-electron chi connectivity index (χ3n) is 3.35. The lowest BCUT2D eigenvalue weighted by atomic mass is 9.97. The van der Waals surface area contributed by atoms with E-state index in [9.17, 15) is 18.0 Å². The summed E-state index contributed by atoms with van der Waals surface area (Å²) in [6, 6.07) is 0. The van der Waals surface area contributed by atoms with Crippen molar-refractivity contribution in [3.63, 3.8) is 0 Å². The van der Waals surface area contributed by atoms with Gasteiger partial charge in [-0.2, -0.15) is 13.2 Å². The maximum absolute atomic E-state index is 11.9. The Hall–Kier alpha value is -0.820. The third-order valence-corrected chi connectivity index (χ3v) is 3.35. The molecule has 0 aromatic rings. The molecule has 112 valence electrons. The smallest absolute Gasteiger partial charge is 0.355 e. The van der Waals surface area contributed by atoms with Crippen molar-refractivity contribution in [2.45, 2.75) is 25.9 Å². The van der Waals surface area contributed by atoms with Crippen molar-refractivity contribution in [1.82, 2.24) is 15.5 Å². The Labute approximate surface area is 111 Å². The van der Waals surface area contributed by atoms with Crippen molar-refractivity contribution in [2.75, 3.05) is 39.3 Å². The van der Waals surface area contributed by atoms with Crippen molar-refractivity contribution in [3.8, 4) is 0 Å². The number of carbonyl (C=O) groups is 1. The lowest BCUT2D eigenvalue weighted by Gasteiger charge is -2.31. The first-order valence-electron chi connectivity index (χ1n) is 6.67. The first-order valence-corrected chi connectivity index (χ1v) is 6.67. The lowest BCUT2D eigenvalue weighted by molar-refractivity contribution is -0.128. The zero-order chi connectivity index (χ0) is 14.3. The number of likely N-dealkylation sites (tertiary alicyclic amines) is 1. The zero-order valence-corrected chi connectivity index (χ0v) is 11.2. The van der Waals surface area contributed by atoms with Gasteiger partial charge in [0.05, 0.1) is 13.1 Å². The summed E-state index contributed by atoms with van der Waals surface area (Å²) < 4.78 is 35.6. The van der Waals surface area contributed by atoms with Gasteiger partial charge in [0.2, 0.25) is 5.91 Å². The number of nitrogens with zero attached hydrogens (tertiary/aromatic N) is 1. The highest BCUT2D eigenvalue weighted by atomic mass is 19.4. The molecule has 1 fully saturated rings. The molecule has 1 heterocycles. The number of rotatable bonds is 6. The Kier molecular flexibility index (Phi) is 6.57. The maximum atomic E-state index is 11.9. The number of hydrogen-bond acceptors (Lipinski definition) is 3. The third kappa shape index (κ3) is 7.37. The largest absolute Gasteiger partial charge is 0.401 e. The van der Waals surface area contributed by atoms with Crippen LogP contribution in [0.2, 0.25) is 0 Å². The second kappa shape index (κ2) is 7.69. The Morgan fingerprint density at radius 1 is 1.32 bits per heavy atom.